The molecule has 0 aliphatic rings. The van der Waals surface area contributed by atoms with Gasteiger partial charge in [0.05, 0.1) is 5.75 Å². The smallest absolute Gasteiger partial charge is 0.343 e. The lowest BCUT2D eigenvalue weighted by atomic mass is 10.1. The minimum atomic E-state index is -0.251. The molecule has 3 aromatic rings. The van der Waals surface area contributed by atoms with Gasteiger partial charge in [0.15, 0.2) is 5.16 Å². The van der Waals surface area contributed by atoms with Crippen molar-refractivity contribution in [2.45, 2.75) is 31.5 Å². The Morgan fingerprint density at radius 3 is 2.64 bits per heavy atom. The largest absolute Gasteiger partial charge is 0.355 e. The number of benzene rings is 2. The molecule has 0 fully saturated rings. The average Bonchev–Trinajstić information content (AvgIpc) is 3.06. The molecule has 0 aliphatic carbocycles. The number of nitrogens with zero attached hydrogens (tertiary/aromatic N) is 2. The number of carbonyl (C=O) groups excluding carboxylic acids is 1. The Labute approximate surface area is 168 Å². The van der Waals surface area contributed by atoms with Crippen molar-refractivity contribution in [2.75, 3.05) is 12.3 Å². The highest BCUT2D eigenvalue weighted by Gasteiger charge is 2.11. The van der Waals surface area contributed by atoms with E-state index in [0.717, 1.165) is 18.4 Å². The molecule has 2 N–H and O–H groups in total. The third-order valence-electron chi connectivity index (χ3n) is 4.50. The summed E-state index contributed by atoms with van der Waals surface area (Å²) in [5.41, 5.74) is 3.36. The molecule has 28 heavy (non-hydrogen) atoms. The number of hydrogen-bond donors (Lipinski definition) is 2. The fourth-order valence-corrected chi connectivity index (χ4v) is 3.71. The number of nitrogens with one attached hydrogen (secondary N) is 2. The summed E-state index contributed by atoms with van der Waals surface area (Å²) < 4.78 is 1.58. The number of hydrogen-bond acceptors (Lipinski definition) is 4. The molecule has 146 valence electrons. The maximum Gasteiger partial charge on any atom is 0.343 e. The normalized spacial score (nSPS) is 10.8. The van der Waals surface area contributed by atoms with Crippen molar-refractivity contribution >= 4 is 17.7 Å². The highest BCUT2D eigenvalue weighted by molar-refractivity contribution is 7.99. The summed E-state index contributed by atoms with van der Waals surface area (Å²) in [6.07, 6.45) is 1.53. The second kappa shape index (κ2) is 9.94. The Kier molecular flexibility index (Phi) is 7.08. The first-order valence-corrected chi connectivity index (χ1v) is 10.2. The number of aryl methyl sites for hydroxylation is 2. The molecule has 0 bridgehead atoms. The van der Waals surface area contributed by atoms with Crippen LogP contribution in [0.4, 0.5) is 0 Å². The molecular weight excluding hydrogens is 372 g/mol. The monoisotopic (exact) mass is 396 g/mol. The van der Waals surface area contributed by atoms with Crippen molar-refractivity contribution in [3.05, 3.63) is 81.8 Å². The maximum absolute atomic E-state index is 12.1. The van der Waals surface area contributed by atoms with Gasteiger partial charge in [-0.3, -0.25) is 9.36 Å². The predicted octanol–water partition coefficient (Wildman–Crippen LogP) is 2.57. The van der Waals surface area contributed by atoms with Crippen LogP contribution in [0.3, 0.4) is 0 Å². The van der Waals surface area contributed by atoms with Gasteiger partial charge in [-0.25, -0.2) is 9.89 Å². The third-order valence-corrected chi connectivity index (χ3v) is 5.48. The van der Waals surface area contributed by atoms with Gasteiger partial charge in [0, 0.05) is 13.1 Å². The van der Waals surface area contributed by atoms with Gasteiger partial charge in [0.2, 0.25) is 5.91 Å². The molecule has 6 nitrogen and oxygen atoms in total. The Bertz CT molecular complexity index is 966. The highest BCUT2D eigenvalue weighted by Crippen LogP contribution is 2.13. The zero-order valence-electron chi connectivity index (χ0n) is 15.9. The molecule has 1 amide bonds. The van der Waals surface area contributed by atoms with Crippen LogP contribution in [0.2, 0.25) is 0 Å². The van der Waals surface area contributed by atoms with Crippen molar-refractivity contribution in [1.82, 2.24) is 20.1 Å². The molecule has 1 heterocycles. The van der Waals surface area contributed by atoms with Crippen LogP contribution in [0.15, 0.2) is 64.5 Å². The van der Waals surface area contributed by atoms with E-state index in [2.05, 4.69) is 34.6 Å². The first kappa shape index (κ1) is 19.9. The van der Waals surface area contributed by atoms with Crippen LogP contribution < -0.4 is 11.0 Å². The fourth-order valence-electron chi connectivity index (χ4n) is 2.90. The molecule has 0 radical (unpaired) electrons. The topological polar surface area (TPSA) is 79.8 Å². The zero-order chi connectivity index (χ0) is 19.8. The van der Waals surface area contributed by atoms with Crippen molar-refractivity contribution in [3.8, 4) is 0 Å². The number of carbonyl (C=O) groups is 1. The minimum Gasteiger partial charge on any atom is -0.355 e. The Hall–Kier alpha value is -2.80. The third kappa shape index (κ3) is 5.60. The lowest BCUT2D eigenvalue weighted by Crippen LogP contribution is -2.27. The van der Waals surface area contributed by atoms with E-state index in [1.54, 1.807) is 4.57 Å². The van der Waals surface area contributed by atoms with Crippen molar-refractivity contribution in [2.24, 2.45) is 0 Å². The average molecular weight is 397 g/mol. The van der Waals surface area contributed by atoms with Crippen LogP contribution in [0.5, 0.6) is 0 Å². The number of H-pyrrole nitrogens is 1. The van der Waals surface area contributed by atoms with Gasteiger partial charge in [-0.05, 0) is 36.5 Å². The van der Waals surface area contributed by atoms with Crippen molar-refractivity contribution < 1.29 is 4.79 Å². The van der Waals surface area contributed by atoms with Crippen molar-refractivity contribution in [3.63, 3.8) is 0 Å². The molecule has 0 unspecified atom stereocenters. The summed E-state index contributed by atoms with van der Waals surface area (Å²) in [6.45, 7) is 3.18. The molecule has 3 rings (SSSR count). The molecule has 7 heteroatoms. The molecular formula is C21H24N4O2S. The van der Waals surface area contributed by atoms with Gasteiger partial charge in [0.25, 0.3) is 0 Å². The van der Waals surface area contributed by atoms with Crippen LogP contribution in [-0.4, -0.2) is 33.0 Å². The van der Waals surface area contributed by atoms with Crippen LogP contribution in [0.25, 0.3) is 0 Å². The lowest BCUT2D eigenvalue weighted by molar-refractivity contribution is -0.118. The van der Waals surface area contributed by atoms with Crippen LogP contribution >= 0.6 is 11.8 Å². The molecule has 2 aromatic carbocycles. The lowest BCUT2D eigenvalue weighted by Gasteiger charge is -2.08. The standard InChI is InChI=1S/C21H24N4O2S/c1-16-7-5-6-10-18(16)11-13-22-19(26)15-28-21-24-23-20(27)25(21)14-12-17-8-3-2-4-9-17/h2-10H,11-15H2,1H3,(H,22,26)(H,23,27). The summed E-state index contributed by atoms with van der Waals surface area (Å²) in [7, 11) is 0. The van der Waals surface area contributed by atoms with Crippen LogP contribution in [0.1, 0.15) is 16.7 Å². The van der Waals surface area contributed by atoms with E-state index in [0.29, 0.717) is 18.2 Å². The van der Waals surface area contributed by atoms with E-state index in [1.165, 1.54) is 22.9 Å². The maximum atomic E-state index is 12.1. The zero-order valence-corrected chi connectivity index (χ0v) is 16.7. The summed E-state index contributed by atoms with van der Waals surface area (Å²) in [5, 5.41) is 9.99. The first-order valence-electron chi connectivity index (χ1n) is 9.26. The number of rotatable bonds is 9. The summed E-state index contributed by atoms with van der Waals surface area (Å²) in [4.78, 5) is 24.1. The van der Waals surface area contributed by atoms with Crippen LogP contribution in [0, 0.1) is 6.92 Å². The SMILES string of the molecule is Cc1ccccc1CCNC(=O)CSc1n[nH]c(=O)n1CCc1ccccc1. The van der Waals surface area contributed by atoms with Gasteiger partial charge < -0.3 is 5.32 Å². The molecule has 0 spiro atoms. The van der Waals surface area contributed by atoms with Crippen LogP contribution in [-0.2, 0) is 24.2 Å². The molecule has 0 aliphatic heterocycles. The van der Waals surface area contributed by atoms with E-state index in [-0.39, 0.29) is 17.3 Å². The summed E-state index contributed by atoms with van der Waals surface area (Å²) in [5.74, 6) is 0.160. The summed E-state index contributed by atoms with van der Waals surface area (Å²) in [6, 6.07) is 18.1. The van der Waals surface area contributed by atoms with E-state index in [1.807, 2.05) is 42.5 Å². The van der Waals surface area contributed by atoms with E-state index in [9.17, 15) is 9.59 Å². The summed E-state index contributed by atoms with van der Waals surface area (Å²) >= 11 is 1.27. The van der Waals surface area contributed by atoms with E-state index < -0.39 is 0 Å². The molecule has 1 aromatic heterocycles. The Morgan fingerprint density at radius 2 is 1.86 bits per heavy atom. The molecule has 0 atom stereocenters. The minimum absolute atomic E-state index is 0.0661. The van der Waals surface area contributed by atoms with Gasteiger partial charge in [-0.15, -0.1) is 5.10 Å². The second-order valence-corrected chi connectivity index (χ2v) is 7.46. The Balaban J connectivity index is 1.47. The number of aromatic nitrogens is 3. The van der Waals surface area contributed by atoms with Gasteiger partial charge >= 0.3 is 5.69 Å². The van der Waals surface area contributed by atoms with Gasteiger partial charge in [0.1, 0.15) is 0 Å². The number of thioether (sulfide) groups is 1. The van der Waals surface area contributed by atoms with E-state index in [4.69, 9.17) is 0 Å². The number of aromatic amines is 1. The second-order valence-electron chi connectivity index (χ2n) is 6.51. The predicted molar refractivity (Wildman–Crippen MR) is 112 cm³/mol. The fraction of sp³-hybridized carbons (Fsp3) is 0.286. The van der Waals surface area contributed by atoms with Gasteiger partial charge in [-0.2, -0.15) is 0 Å². The quantitative estimate of drug-likeness (QED) is 0.545. The Morgan fingerprint density at radius 1 is 1.11 bits per heavy atom. The van der Waals surface area contributed by atoms with Crippen molar-refractivity contribution in [1.29, 1.82) is 0 Å². The highest BCUT2D eigenvalue weighted by atomic mass is 32.2. The van der Waals surface area contributed by atoms with Gasteiger partial charge in [-0.1, -0.05) is 66.4 Å². The first-order chi connectivity index (χ1) is 13.6. The molecule has 0 saturated carbocycles. The molecule has 0 saturated heterocycles. The van der Waals surface area contributed by atoms with E-state index >= 15 is 0 Å². The number of amides is 1.